The number of hydrogen-bond donors (Lipinski definition) is 1. The topological polar surface area (TPSA) is 105 Å². The van der Waals surface area contributed by atoms with E-state index < -0.39 is 28.5 Å². The lowest BCUT2D eigenvalue weighted by Gasteiger charge is -2.32. The maximum atomic E-state index is 13.6. The van der Waals surface area contributed by atoms with Gasteiger partial charge < -0.3 is 19.7 Å². The number of amides is 2. The van der Waals surface area contributed by atoms with Crippen LogP contribution in [0.25, 0.3) is 0 Å². The summed E-state index contributed by atoms with van der Waals surface area (Å²) in [6.45, 7) is 5.67. The normalized spacial score (nSPS) is 11.9. The number of hydrogen-bond acceptors (Lipinski definition) is 6. The molecule has 0 aliphatic rings. The minimum Gasteiger partial charge on any atom is -0.493 e. The van der Waals surface area contributed by atoms with Crippen molar-refractivity contribution in [2.24, 2.45) is 0 Å². The van der Waals surface area contributed by atoms with E-state index >= 15 is 0 Å². The number of nitrogens with one attached hydrogen (secondary N) is 1. The Morgan fingerprint density at radius 3 is 2.29 bits per heavy atom. The molecule has 2 rings (SSSR count). The summed E-state index contributed by atoms with van der Waals surface area (Å²) in [7, 11) is -0.925. The maximum absolute atomic E-state index is 13.6. The number of nitrogens with zero attached hydrogens (tertiary/aromatic N) is 2. The first-order valence-corrected chi connectivity index (χ1v) is 13.2. The SMILES string of the molecule is CCCNC(=O)[C@@H](C)N(Cc1ccccc1C)C(=O)CN(c1ccc(OC)c(OC)c1)S(C)(=O)=O. The molecule has 0 heterocycles. The van der Waals surface area contributed by atoms with E-state index in [2.05, 4.69) is 5.32 Å². The predicted octanol–water partition coefficient (Wildman–Crippen LogP) is 2.72. The molecule has 35 heavy (non-hydrogen) atoms. The van der Waals surface area contributed by atoms with Gasteiger partial charge in [-0.2, -0.15) is 0 Å². The Labute approximate surface area is 208 Å². The Bertz CT molecular complexity index is 1140. The van der Waals surface area contributed by atoms with Crippen molar-refractivity contribution in [3.63, 3.8) is 0 Å². The highest BCUT2D eigenvalue weighted by molar-refractivity contribution is 7.92. The first kappa shape index (κ1) is 28.0. The van der Waals surface area contributed by atoms with Crippen LogP contribution in [0.4, 0.5) is 5.69 Å². The molecule has 1 N–H and O–H groups in total. The molecule has 0 spiro atoms. The monoisotopic (exact) mass is 505 g/mol. The lowest BCUT2D eigenvalue weighted by Crippen LogP contribution is -2.51. The number of carbonyl (C=O) groups is 2. The molecule has 0 radical (unpaired) electrons. The van der Waals surface area contributed by atoms with Crippen LogP contribution < -0.4 is 19.1 Å². The molecule has 0 saturated heterocycles. The van der Waals surface area contributed by atoms with E-state index in [1.165, 1.54) is 25.2 Å². The van der Waals surface area contributed by atoms with E-state index in [0.717, 1.165) is 28.1 Å². The van der Waals surface area contributed by atoms with Crippen LogP contribution in [0.5, 0.6) is 11.5 Å². The van der Waals surface area contributed by atoms with Gasteiger partial charge in [-0.15, -0.1) is 0 Å². The summed E-state index contributed by atoms with van der Waals surface area (Å²) < 4.78 is 36.9. The first-order chi connectivity index (χ1) is 16.5. The van der Waals surface area contributed by atoms with Crippen LogP contribution in [0.3, 0.4) is 0 Å². The van der Waals surface area contributed by atoms with Gasteiger partial charge in [-0.05, 0) is 43.5 Å². The van der Waals surface area contributed by atoms with Gasteiger partial charge in [0.2, 0.25) is 21.8 Å². The van der Waals surface area contributed by atoms with Crippen LogP contribution in [0.1, 0.15) is 31.4 Å². The van der Waals surface area contributed by atoms with Crippen LogP contribution in [-0.2, 0) is 26.2 Å². The van der Waals surface area contributed by atoms with Crippen molar-refractivity contribution in [2.45, 2.75) is 39.8 Å². The Balaban J connectivity index is 2.43. The number of anilines is 1. The van der Waals surface area contributed by atoms with Gasteiger partial charge in [-0.25, -0.2) is 8.42 Å². The van der Waals surface area contributed by atoms with E-state index in [-0.39, 0.29) is 18.1 Å². The zero-order valence-electron chi connectivity index (χ0n) is 21.2. The molecule has 1 atom stereocenters. The molecule has 2 aromatic rings. The highest BCUT2D eigenvalue weighted by Gasteiger charge is 2.30. The summed E-state index contributed by atoms with van der Waals surface area (Å²) in [6.07, 6.45) is 1.78. The van der Waals surface area contributed by atoms with Crippen LogP contribution in [-0.4, -0.2) is 64.7 Å². The van der Waals surface area contributed by atoms with Gasteiger partial charge in [-0.1, -0.05) is 31.2 Å². The molecule has 0 aliphatic heterocycles. The van der Waals surface area contributed by atoms with Gasteiger partial charge in [0.1, 0.15) is 12.6 Å². The largest absolute Gasteiger partial charge is 0.493 e. The third-order valence-corrected chi connectivity index (χ3v) is 6.79. The number of carbonyl (C=O) groups excluding carboxylic acids is 2. The molecular weight excluding hydrogens is 470 g/mol. The number of sulfonamides is 1. The van der Waals surface area contributed by atoms with Crippen molar-refractivity contribution in [3.8, 4) is 11.5 Å². The smallest absolute Gasteiger partial charge is 0.244 e. The van der Waals surface area contributed by atoms with Gasteiger partial charge in [0.25, 0.3) is 0 Å². The van der Waals surface area contributed by atoms with E-state index in [1.807, 2.05) is 38.1 Å². The number of aryl methyl sites for hydroxylation is 1. The molecule has 0 unspecified atom stereocenters. The van der Waals surface area contributed by atoms with Gasteiger partial charge in [0.15, 0.2) is 11.5 Å². The Kier molecular flexibility index (Phi) is 9.94. The Hall–Kier alpha value is -3.27. The standard InChI is InChI=1S/C25H35N3O6S/c1-7-14-26-25(30)19(3)27(16-20-11-9-8-10-18(20)2)24(29)17-28(35(6,31)32)21-12-13-22(33-4)23(15-21)34-5/h8-13,15,19H,7,14,16-17H2,1-6H3,(H,26,30)/t19-/m1/s1. The predicted molar refractivity (Wildman–Crippen MR) is 136 cm³/mol. The van der Waals surface area contributed by atoms with Gasteiger partial charge in [0, 0.05) is 19.2 Å². The van der Waals surface area contributed by atoms with Gasteiger partial charge in [0.05, 0.1) is 26.2 Å². The Morgan fingerprint density at radius 2 is 1.71 bits per heavy atom. The minimum atomic E-state index is -3.84. The number of ether oxygens (including phenoxy) is 2. The average Bonchev–Trinajstić information content (AvgIpc) is 2.83. The highest BCUT2D eigenvalue weighted by Crippen LogP contribution is 2.32. The van der Waals surface area contributed by atoms with Crippen LogP contribution >= 0.6 is 0 Å². The number of benzene rings is 2. The molecule has 0 bridgehead atoms. The van der Waals surface area contributed by atoms with Crippen molar-refractivity contribution in [1.82, 2.24) is 10.2 Å². The zero-order chi connectivity index (χ0) is 26.2. The van der Waals surface area contributed by atoms with Crippen molar-refractivity contribution in [3.05, 3.63) is 53.6 Å². The second-order valence-corrected chi connectivity index (χ2v) is 10.1. The van der Waals surface area contributed by atoms with Crippen LogP contribution in [0.2, 0.25) is 0 Å². The summed E-state index contributed by atoms with van der Waals surface area (Å²) >= 11 is 0. The number of rotatable bonds is 12. The summed E-state index contributed by atoms with van der Waals surface area (Å²) in [5, 5.41) is 2.82. The highest BCUT2D eigenvalue weighted by atomic mass is 32.2. The molecular formula is C25H35N3O6S. The van der Waals surface area contributed by atoms with E-state index in [0.29, 0.717) is 18.0 Å². The van der Waals surface area contributed by atoms with Gasteiger partial charge in [-0.3, -0.25) is 13.9 Å². The molecule has 0 saturated carbocycles. The molecule has 0 aliphatic carbocycles. The summed E-state index contributed by atoms with van der Waals surface area (Å²) in [5.41, 5.74) is 2.08. The van der Waals surface area contributed by atoms with E-state index in [4.69, 9.17) is 9.47 Å². The molecule has 10 heteroatoms. The lowest BCUT2D eigenvalue weighted by molar-refractivity contribution is -0.139. The second kappa shape index (κ2) is 12.4. The van der Waals surface area contributed by atoms with Crippen LogP contribution in [0, 0.1) is 6.92 Å². The first-order valence-electron chi connectivity index (χ1n) is 11.3. The summed E-state index contributed by atoms with van der Waals surface area (Å²) in [4.78, 5) is 27.7. The molecule has 0 aromatic heterocycles. The third kappa shape index (κ3) is 7.35. The Morgan fingerprint density at radius 1 is 1.06 bits per heavy atom. The summed E-state index contributed by atoms with van der Waals surface area (Å²) in [6, 6.07) is 11.4. The van der Waals surface area contributed by atoms with Crippen molar-refractivity contribution in [1.29, 1.82) is 0 Å². The lowest BCUT2D eigenvalue weighted by atomic mass is 10.1. The number of methoxy groups -OCH3 is 2. The average molecular weight is 506 g/mol. The van der Waals surface area contributed by atoms with E-state index in [1.54, 1.807) is 19.1 Å². The quantitative estimate of drug-likeness (QED) is 0.476. The second-order valence-electron chi connectivity index (χ2n) is 8.22. The van der Waals surface area contributed by atoms with Crippen molar-refractivity contribution in [2.75, 3.05) is 37.9 Å². The zero-order valence-corrected chi connectivity index (χ0v) is 22.0. The van der Waals surface area contributed by atoms with Crippen LogP contribution in [0.15, 0.2) is 42.5 Å². The molecule has 9 nitrogen and oxygen atoms in total. The molecule has 192 valence electrons. The fourth-order valence-electron chi connectivity index (χ4n) is 3.54. The van der Waals surface area contributed by atoms with Crippen molar-refractivity contribution >= 4 is 27.5 Å². The fraction of sp³-hybridized carbons (Fsp3) is 0.440. The fourth-order valence-corrected chi connectivity index (χ4v) is 4.38. The molecule has 0 fully saturated rings. The van der Waals surface area contributed by atoms with Crippen molar-refractivity contribution < 1.29 is 27.5 Å². The van der Waals surface area contributed by atoms with Gasteiger partial charge >= 0.3 is 0 Å². The maximum Gasteiger partial charge on any atom is 0.244 e. The minimum absolute atomic E-state index is 0.162. The summed E-state index contributed by atoms with van der Waals surface area (Å²) in [5.74, 6) is -0.0491. The third-order valence-electron chi connectivity index (χ3n) is 5.65. The van der Waals surface area contributed by atoms with E-state index in [9.17, 15) is 18.0 Å². The molecule has 2 aromatic carbocycles. The molecule has 2 amide bonds.